The number of anilines is 1. The Balaban J connectivity index is 2.04. The van der Waals surface area contributed by atoms with Crippen molar-refractivity contribution in [3.8, 4) is 0 Å². The maximum atomic E-state index is 11.7. The van der Waals surface area contributed by atoms with E-state index in [-0.39, 0.29) is 5.78 Å². The molecule has 0 bridgehead atoms. The number of rotatable bonds is 5. The number of ketones is 1. The molecule has 6 heteroatoms. The first-order valence-electron chi connectivity index (χ1n) is 8.46. The summed E-state index contributed by atoms with van der Waals surface area (Å²) in [6.45, 7) is 7.88. The Morgan fingerprint density at radius 1 is 1.33 bits per heavy atom. The molecular weight excluding hydrogens is 302 g/mol. The van der Waals surface area contributed by atoms with Crippen molar-refractivity contribution in [2.45, 2.75) is 52.5 Å². The second-order valence-electron chi connectivity index (χ2n) is 6.44. The van der Waals surface area contributed by atoms with Gasteiger partial charge in [-0.1, -0.05) is 25.8 Å². The Hall–Kier alpha value is -2.46. The van der Waals surface area contributed by atoms with Crippen LogP contribution in [0.25, 0.3) is 11.3 Å². The monoisotopic (exact) mass is 325 g/mol. The summed E-state index contributed by atoms with van der Waals surface area (Å²) in [7, 11) is 0. The van der Waals surface area contributed by atoms with Crippen LogP contribution in [0, 0.1) is 5.92 Å². The molecule has 2 heterocycles. The lowest BCUT2D eigenvalue weighted by molar-refractivity contribution is 0.101. The Morgan fingerprint density at radius 2 is 2.08 bits per heavy atom. The lowest BCUT2D eigenvalue weighted by Gasteiger charge is -2.23. The summed E-state index contributed by atoms with van der Waals surface area (Å²) in [5.41, 5.74) is 5.20. The number of nitrogens with one attached hydrogen (secondary N) is 1. The van der Waals surface area contributed by atoms with E-state index in [4.69, 9.17) is 0 Å². The maximum Gasteiger partial charge on any atom is 0.211 e. The van der Waals surface area contributed by atoms with Crippen LogP contribution in [0.3, 0.4) is 0 Å². The zero-order chi connectivity index (χ0) is 17.1. The lowest BCUT2D eigenvalue weighted by Crippen LogP contribution is -2.16. The third-order valence-corrected chi connectivity index (χ3v) is 4.55. The second kappa shape index (κ2) is 6.97. The minimum atomic E-state index is -0.0912. The molecule has 2 aromatic heterocycles. The van der Waals surface area contributed by atoms with E-state index in [1.54, 1.807) is 0 Å². The van der Waals surface area contributed by atoms with Gasteiger partial charge in [0.05, 0.1) is 11.9 Å². The van der Waals surface area contributed by atoms with Gasteiger partial charge in [0.1, 0.15) is 5.69 Å². The highest BCUT2D eigenvalue weighted by Crippen LogP contribution is 2.28. The van der Waals surface area contributed by atoms with E-state index in [1.807, 2.05) is 11.5 Å². The predicted octanol–water partition coefficient (Wildman–Crippen LogP) is 3.71. The number of hydrogen-bond acceptors (Lipinski definition) is 5. The third-order valence-electron chi connectivity index (χ3n) is 4.55. The summed E-state index contributed by atoms with van der Waals surface area (Å²) in [6, 6.07) is 0. The molecule has 1 fully saturated rings. The van der Waals surface area contributed by atoms with Crippen molar-refractivity contribution < 1.29 is 4.79 Å². The highest BCUT2D eigenvalue weighted by molar-refractivity contribution is 5.93. The van der Waals surface area contributed by atoms with Gasteiger partial charge in [-0.25, -0.2) is 9.97 Å². The number of hydrogen-bond donors (Lipinski definition) is 1. The largest absolute Gasteiger partial charge is 0.323 e. The Morgan fingerprint density at radius 3 is 2.75 bits per heavy atom. The quantitative estimate of drug-likeness (QED) is 0.670. The topological polar surface area (TPSA) is 72.7 Å². The van der Waals surface area contributed by atoms with E-state index >= 15 is 0 Å². The van der Waals surface area contributed by atoms with Gasteiger partial charge in [-0.05, 0) is 25.7 Å². The van der Waals surface area contributed by atoms with Crippen LogP contribution in [0.5, 0.6) is 0 Å². The van der Waals surface area contributed by atoms with Gasteiger partial charge in [0.2, 0.25) is 5.95 Å². The first-order valence-corrected chi connectivity index (χ1v) is 8.46. The smallest absolute Gasteiger partial charge is 0.211 e. The molecule has 1 saturated carbocycles. The maximum absolute atomic E-state index is 11.7. The molecule has 6 nitrogen and oxygen atoms in total. The van der Waals surface area contributed by atoms with Crippen LogP contribution in [0.15, 0.2) is 24.2 Å². The van der Waals surface area contributed by atoms with Gasteiger partial charge in [-0.3, -0.25) is 9.36 Å². The summed E-state index contributed by atoms with van der Waals surface area (Å²) in [5.74, 6) is 1.20. The van der Waals surface area contributed by atoms with Gasteiger partial charge in [-0.15, -0.1) is 5.73 Å². The fourth-order valence-corrected chi connectivity index (χ4v) is 3.17. The number of aromatic nitrogens is 4. The van der Waals surface area contributed by atoms with Crippen LogP contribution in [-0.2, 0) is 6.54 Å². The van der Waals surface area contributed by atoms with E-state index < -0.39 is 0 Å². The minimum absolute atomic E-state index is 0.0912. The van der Waals surface area contributed by atoms with Crippen LogP contribution >= 0.6 is 0 Å². The number of imidazole rings is 1. The van der Waals surface area contributed by atoms with Crippen molar-refractivity contribution in [2.24, 2.45) is 5.92 Å². The molecule has 0 amide bonds. The standard InChI is InChI=1S/C18H23N5O/c1-4-12(2)20-18-22-16-17(21-15(10-19-16)13(3)24)23(18)11-14-8-6-5-7-9-14/h10,14H,1,5-9,11H2,2-3H3,(H,19,20,22). The highest BCUT2D eigenvalue weighted by atomic mass is 16.1. The second-order valence-corrected chi connectivity index (χ2v) is 6.44. The van der Waals surface area contributed by atoms with Gasteiger partial charge in [0, 0.05) is 13.5 Å². The normalized spacial score (nSPS) is 15.2. The SMILES string of the molecule is C=C=C(C)Nc1nc2ncc(C(C)=O)nc2n1CC1CCCCC1. The summed E-state index contributed by atoms with van der Waals surface area (Å²) >= 11 is 0. The number of carbonyl (C=O) groups excluding carboxylic acids is 1. The summed E-state index contributed by atoms with van der Waals surface area (Å²) in [4.78, 5) is 25.0. The lowest BCUT2D eigenvalue weighted by atomic mass is 9.89. The van der Waals surface area contributed by atoms with E-state index in [0.29, 0.717) is 28.9 Å². The summed E-state index contributed by atoms with van der Waals surface area (Å²) in [6.07, 6.45) is 7.79. The molecule has 0 atom stereocenters. The van der Waals surface area contributed by atoms with Crippen molar-refractivity contribution in [1.29, 1.82) is 0 Å². The molecule has 24 heavy (non-hydrogen) atoms. The van der Waals surface area contributed by atoms with E-state index in [2.05, 4.69) is 32.6 Å². The fourth-order valence-electron chi connectivity index (χ4n) is 3.17. The van der Waals surface area contributed by atoms with Gasteiger partial charge in [0.25, 0.3) is 0 Å². The van der Waals surface area contributed by atoms with Crippen molar-refractivity contribution >= 4 is 23.0 Å². The fraction of sp³-hybridized carbons (Fsp3) is 0.500. The van der Waals surface area contributed by atoms with Gasteiger partial charge < -0.3 is 5.32 Å². The van der Waals surface area contributed by atoms with Crippen molar-refractivity contribution in [3.05, 3.63) is 29.9 Å². The zero-order valence-corrected chi connectivity index (χ0v) is 14.3. The zero-order valence-electron chi connectivity index (χ0n) is 14.3. The molecule has 0 aliphatic heterocycles. The molecular formula is C18H23N5O. The van der Waals surface area contributed by atoms with Crippen molar-refractivity contribution in [1.82, 2.24) is 19.5 Å². The molecule has 0 aromatic carbocycles. The molecule has 1 aliphatic carbocycles. The first kappa shape index (κ1) is 16.4. The Labute approximate surface area is 141 Å². The molecule has 0 unspecified atom stereocenters. The third kappa shape index (κ3) is 3.39. The summed E-state index contributed by atoms with van der Waals surface area (Å²) < 4.78 is 2.05. The predicted molar refractivity (Wildman–Crippen MR) is 93.9 cm³/mol. The Kier molecular flexibility index (Phi) is 4.76. The number of fused-ring (bicyclic) bond motifs is 1. The van der Waals surface area contributed by atoms with Crippen molar-refractivity contribution in [2.75, 3.05) is 5.32 Å². The number of carbonyl (C=O) groups is 1. The molecule has 1 aliphatic rings. The van der Waals surface area contributed by atoms with E-state index in [9.17, 15) is 4.79 Å². The molecule has 3 rings (SSSR count). The van der Waals surface area contributed by atoms with Crippen LogP contribution in [-0.4, -0.2) is 25.3 Å². The number of nitrogens with zero attached hydrogens (tertiary/aromatic N) is 4. The van der Waals surface area contributed by atoms with Gasteiger partial charge >= 0.3 is 0 Å². The average Bonchev–Trinajstić information content (AvgIpc) is 2.92. The minimum Gasteiger partial charge on any atom is -0.323 e. The molecule has 2 aromatic rings. The molecule has 0 radical (unpaired) electrons. The molecule has 0 spiro atoms. The van der Waals surface area contributed by atoms with Crippen molar-refractivity contribution in [3.63, 3.8) is 0 Å². The average molecular weight is 325 g/mol. The first-order chi connectivity index (χ1) is 11.6. The molecule has 0 saturated heterocycles. The van der Waals surface area contributed by atoms with E-state index in [1.165, 1.54) is 45.2 Å². The number of Topliss-reactive ketones (excluding diaryl/α,β-unsaturated/α-hetero) is 1. The van der Waals surface area contributed by atoms with Gasteiger partial charge in [0.15, 0.2) is 17.1 Å². The summed E-state index contributed by atoms with van der Waals surface area (Å²) in [5, 5.41) is 3.22. The van der Waals surface area contributed by atoms with Crippen LogP contribution in [0.2, 0.25) is 0 Å². The van der Waals surface area contributed by atoms with E-state index in [0.717, 1.165) is 12.2 Å². The number of allylic oxidation sites excluding steroid dienone is 1. The van der Waals surface area contributed by atoms with Crippen LogP contribution in [0.1, 0.15) is 56.4 Å². The highest BCUT2D eigenvalue weighted by Gasteiger charge is 2.20. The van der Waals surface area contributed by atoms with Gasteiger partial charge in [-0.2, -0.15) is 4.98 Å². The van der Waals surface area contributed by atoms with Crippen LogP contribution in [0.4, 0.5) is 5.95 Å². The molecule has 1 N–H and O–H groups in total. The molecule has 126 valence electrons. The van der Waals surface area contributed by atoms with Crippen LogP contribution < -0.4 is 5.32 Å². The Bertz CT molecular complexity index is 810.